The molecule has 3 heterocycles. The summed E-state index contributed by atoms with van der Waals surface area (Å²) in [5.74, 6) is 1.49. The van der Waals surface area contributed by atoms with Crippen LogP contribution in [0.1, 0.15) is 25.0 Å². The highest BCUT2D eigenvalue weighted by atomic mass is 19.1. The van der Waals surface area contributed by atoms with Crippen LogP contribution in [0.4, 0.5) is 10.2 Å². The Labute approximate surface area is 194 Å². The number of halogens is 1. The van der Waals surface area contributed by atoms with Gasteiger partial charge in [-0.3, -0.25) is 4.98 Å². The predicted octanol–water partition coefficient (Wildman–Crippen LogP) is 5.95. The maximum absolute atomic E-state index is 14.7. The molecule has 1 saturated heterocycles. The highest BCUT2D eigenvalue weighted by Gasteiger charge is 2.40. The van der Waals surface area contributed by atoms with Crippen LogP contribution in [0.15, 0.2) is 60.9 Å². The Balaban J connectivity index is 0.00000126. The lowest BCUT2D eigenvalue weighted by molar-refractivity contribution is -0.135. The van der Waals surface area contributed by atoms with Gasteiger partial charge in [0.25, 0.3) is 0 Å². The van der Waals surface area contributed by atoms with Gasteiger partial charge in [-0.2, -0.15) is 0 Å². The topological polar surface area (TPSA) is 51.1 Å². The average molecular weight is 445 g/mol. The summed E-state index contributed by atoms with van der Waals surface area (Å²) in [5, 5.41) is 0.966. The van der Waals surface area contributed by atoms with Crippen LogP contribution in [-0.4, -0.2) is 42.3 Å². The van der Waals surface area contributed by atoms with Crippen molar-refractivity contribution in [3.8, 4) is 22.5 Å². The second-order valence-electron chi connectivity index (χ2n) is 8.23. The van der Waals surface area contributed by atoms with E-state index in [-0.39, 0.29) is 13.2 Å². The Hall–Kier alpha value is -3.38. The van der Waals surface area contributed by atoms with Crippen LogP contribution in [0.3, 0.4) is 0 Å². The van der Waals surface area contributed by atoms with E-state index in [1.807, 2.05) is 76.2 Å². The summed E-state index contributed by atoms with van der Waals surface area (Å²) in [6, 6.07) is 15.8. The highest BCUT2D eigenvalue weighted by molar-refractivity contribution is 5.94. The first-order valence-corrected chi connectivity index (χ1v) is 11.2. The maximum Gasteiger partial charge on any atom is 0.182 e. The van der Waals surface area contributed by atoms with Crippen LogP contribution in [0.2, 0.25) is 0 Å². The number of rotatable bonds is 4. The normalized spacial score (nSPS) is 14.2. The van der Waals surface area contributed by atoms with Gasteiger partial charge in [-0.25, -0.2) is 14.4 Å². The lowest BCUT2D eigenvalue weighted by Crippen LogP contribution is -2.42. The van der Waals surface area contributed by atoms with E-state index >= 15 is 0 Å². The van der Waals surface area contributed by atoms with Gasteiger partial charge in [-0.15, -0.1) is 0 Å². The zero-order valence-corrected chi connectivity index (χ0v) is 19.8. The molecule has 2 aromatic heterocycles. The quantitative estimate of drug-likeness (QED) is 0.389. The fraction of sp³-hybridized carbons (Fsp3) is 0.296. The second-order valence-corrected chi connectivity index (χ2v) is 8.23. The first-order valence-electron chi connectivity index (χ1n) is 11.2. The van der Waals surface area contributed by atoms with Crippen molar-refractivity contribution in [2.45, 2.75) is 26.4 Å². The summed E-state index contributed by atoms with van der Waals surface area (Å²) in [7, 11) is 3.95. The molecule has 1 fully saturated rings. The number of ether oxygens (including phenoxy) is 1. The van der Waals surface area contributed by atoms with Crippen LogP contribution in [0.5, 0.6) is 0 Å². The summed E-state index contributed by atoms with van der Waals surface area (Å²) in [6.45, 7) is 6.27. The van der Waals surface area contributed by atoms with Gasteiger partial charge in [0.1, 0.15) is 5.82 Å². The van der Waals surface area contributed by atoms with Crippen molar-refractivity contribution in [3.05, 3.63) is 72.1 Å². The van der Waals surface area contributed by atoms with E-state index in [2.05, 4.69) is 17.1 Å². The molecule has 0 aliphatic carbocycles. The van der Waals surface area contributed by atoms with Crippen LogP contribution >= 0.6 is 0 Å². The van der Waals surface area contributed by atoms with E-state index in [4.69, 9.17) is 14.7 Å². The van der Waals surface area contributed by atoms with E-state index in [1.54, 1.807) is 12.4 Å². The largest absolute Gasteiger partial charge is 0.374 e. The molecule has 0 radical (unpaired) electrons. The monoisotopic (exact) mass is 444 g/mol. The molecule has 5 rings (SSSR count). The molecule has 1 aliphatic heterocycles. The number of fused-ring (bicyclic) bond motifs is 1. The molecule has 0 bridgehead atoms. The number of benzene rings is 2. The van der Waals surface area contributed by atoms with Crippen LogP contribution in [0.25, 0.3) is 33.4 Å². The summed E-state index contributed by atoms with van der Waals surface area (Å²) in [6.07, 6.45) is 3.50. The van der Waals surface area contributed by atoms with Crippen molar-refractivity contribution in [1.29, 1.82) is 0 Å². The molecule has 0 amide bonds. The summed E-state index contributed by atoms with van der Waals surface area (Å²) in [4.78, 5) is 15.8. The van der Waals surface area contributed by atoms with E-state index in [1.165, 1.54) is 0 Å². The molecule has 2 aromatic carbocycles. The van der Waals surface area contributed by atoms with Crippen LogP contribution < -0.4 is 4.90 Å². The van der Waals surface area contributed by atoms with Gasteiger partial charge in [0.2, 0.25) is 0 Å². The number of nitrogens with zero attached hydrogens (tertiary/aromatic N) is 4. The number of aryl methyl sites for hydroxylation is 1. The van der Waals surface area contributed by atoms with Gasteiger partial charge in [-0.1, -0.05) is 38.1 Å². The molecule has 4 aromatic rings. The summed E-state index contributed by atoms with van der Waals surface area (Å²) in [5.41, 5.74) is 4.21. The molecule has 170 valence electrons. The van der Waals surface area contributed by atoms with Gasteiger partial charge in [0.05, 0.1) is 18.7 Å². The number of hydrogen-bond donors (Lipinski definition) is 0. The summed E-state index contributed by atoms with van der Waals surface area (Å²) >= 11 is 0. The lowest BCUT2D eigenvalue weighted by Gasteiger charge is -2.34. The van der Waals surface area contributed by atoms with E-state index < -0.39 is 5.67 Å². The maximum atomic E-state index is 14.7. The molecule has 0 atom stereocenters. The molecule has 6 heteroatoms. The third-order valence-corrected chi connectivity index (χ3v) is 5.74. The van der Waals surface area contributed by atoms with Crippen molar-refractivity contribution in [3.63, 3.8) is 0 Å². The van der Waals surface area contributed by atoms with Gasteiger partial charge >= 0.3 is 0 Å². The molecule has 0 N–H and O–H groups in total. The number of alkyl halides is 1. The smallest absolute Gasteiger partial charge is 0.182 e. The van der Waals surface area contributed by atoms with E-state index in [9.17, 15) is 4.39 Å². The van der Waals surface area contributed by atoms with E-state index in [0.29, 0.717) is 11.4 Å². The first kappa shape index (κ1) is 22.8. The molecule has 33 heavy (non-hydrogen) atoms. The Kier molecular flexibility index (Phi) is 6.38. The molecule has 0 spiro atoms. The Morgan fingerprint density at radius 2 is 1.76 bits per heavy atom. The number of hydrogen-bond acceptors (Lipinski definition) is 5. The minimum Gasteiger partial charge on any atom is -0.374 e. The predicted molar refractivity (Wildman–Crippen MR) is 132 cm³/mol. The minimum atomic E-state index is -1.36. The average Bonchev–Trinajstić information content (AvgIpc) is 2.83. The van der Waals surface area contributed by atoms with Crippen molar-refractivity contribution in [2.24, 2.45) is 0 Å². The number of anilines is 1. The SMILES string of the molecule is CC.Cc1cc(C2(F)COC2)ccc1-c1ccc2nc(-c3cccnc3)nc(N(C)C)c2c1. The first-order chi connectivity index (χ1) is 15.9. The molecule has 5 nitrogen and oxygen atoms in total. The molecule has 0 unspecified atom stereocenters. The van der Waals surface area contributed by atoms with Crippen molar-refractivity contribution < 1.29 is 9.13 Å². The van der Waals surface area contributed by atoms with Gasteiger partial charge in [0, 0.05) is 37.4 Å². The molecular weight excluding hydrogens is 415 g/mol. The van der Waals surface area contributed by atoms with Crippen molar-refractivity contribution in [1.82, 2.24) is 15.0 Å². The summed E-state index contributed by atoms with van der Waals surface area (Å²) < 4.78 is 19.8. The Morgan fingerprint density at radius 3 is 2.36 bits per heavy atom. The molecular formula is C27H29FN4O. The standard InChI is InChI=1S/C25H23FN4O.C2H6/c1-16-11-19(25(26)14-31-15-25)7-8-20(16)17-6-9-22-21(12-17)24(30(2)3)29-23(28-22)18-5-4-10-27-13-18;1-2/h4-13H,14-15H2,1-3H3;1-2H3. The fourth-order valence-electron chi connectivity index (χ4n) is 3.96. The zero-order valence-electron chi connectivity index (χ0n) is 19.8. The fourth-order valence-corrected chi connectivity index (χ4v) is 3.96. The minimum absolute atomic E-state index is 0.130. The molecule has 1 aliphatic rings. The van der Waals surface area contributed by atoms with E-state index in [0.717, 1.165) is 39.0 Å². The third-order valence-electron chi connectivity index (χ3n) is 5.74. The molecule has 0 saturated carbocycles. The Morgan fingerprint density at radius 1 is 0.970 bits per heavy atom. The van der Waals surface area contributed by atoms with Crippen molar-refractivity contribution >= 4 is 16.7 Å². The highest BCUT2D eigenvalue weighted by Crippen LogP contribution is 2.37. The number of pyridine rings is 1. The van der Waals surface area contributed by atoms with Gasteiger partial charge in [-0.05, 0) is 53.4 Å². The van der Waals surface area contributed by atoms with Crippen molar-refractivity contribution in [2.75, 3.05) is 32.2 Å². The van der Waals surface area contributed by atoms with Gasteiger partial charge in [0.15, 0.2) is 11.5 Å². The van der Waals surface area contributed by atoms with Gasteiger partial charge < -0.3 is 9.64 Å². The van der Waals surface area contributed by atoms with Crippen LogP contribution in [-0.2, 0) is 10.4 Å². The lowest BCUT2D eigenvalue weighted by atomic mass is 9.89. The Bertz CT molecular complexity index is 1270. The zero-order chi connectivity index (χ0) is 23.6. The third kappa shape index (κ3) is 4.31. The second kappa shape index (κ2) is 9.24. The number of aromatic nitrogens is 3. The van der Waals surface area contributed by atoms with Crippen LogP contribution in [0, 0.1) is 6.92 Å².